The van der Waals surface area contributed by atoms with E-state index in [1.807, 2.05) is 58.0 Å². The molecule has 0 saturated carbocycles. The summed E-state index contributed by atoms with van der Waals surface area (Å²) in [5.74, 6) is -0.215. The third-order valence-corrected chi connectivity index (χ3v) is 6.81. The number of hydrogen-bond acceptors (Lipinski definition) is 4. The van der Waals surface area contributed by atoms with Crippen LogP contribution in [0.15, 0.2) is 66.8 Å². The average Bonchev–Trinajstić information content (AvgIpc) is 2.92. The molecule has 0 bridgehead atoms. The highest BCUT2D eigenvalue weighted by Gasteiger charge is 2.14. The van der Waals surface area contributed by atoms with Gasteiger partial charge in [0.05, 0.1) is 0 Å². The van der Waals surface area contributed by atoms with Gasteiger partial charge in [-0.25, -0.2) is 4.39 Å². The van der Waals surface area contributed by atoms with E-state index in [2.05, 4.69) is 38.8 Å². The fourth-order valence-corrected chi connectivity index (χ4v) is 4.53. The maximum atomic E-state index is 12.7. The van der Waals surface area contributed by atoms with Gasteiger partial charge in [-0.1, -0.05) is 89.8 Å². The second-order valence-corrected chi connectivity index (χ2v) is 11.2. The van der Waals surface area contributed by atoms with Gasteiger partial charge in [-0.2, -0.15) is 0 Å². The Morgan fingerprint density at radius 1 is 0.976 bits per heavy atom. The van der Waals surface area contributed by atoms with Crippen LogP contribution in [0.5, 0.6) is 0 Å². The van der Waals surface area contributed by atoms with Crippen molar-refractivity contribution < 1.29 is 9.18 Å². The van der Waals surface area contributed by atoms with Crippen molar-refractivity contribution >= 4 is 17.0 Å². The molecule has 234 valence electrons. The largest absolute Gasteiger partial charge is 0.398 e. The second kappa shape index (κ2) is 21.6. The number of nitrogens with two attached hydrogens (primary N) is 2. The first-order valence-electron chi connectivity index (χ1n) is 15.5. The summed E-state index contributed by atoms with van der Waals surface area (Å²) < 4.78 is 12.7. The van der Waals surface area contributed by atoms with Crippen molar-refractivity contribution in [2.75, 3.05) is 18.8 Å². The zero-order valence-corrected chi connectivity index (χ0v) is 27.8. The number of allylic oxidation sites excluding steroid dienone is 4. The molecule has 42 heavy (non-hydrogen) atoms. The van der Waals surface area contributed by atoms with Crippen molar-refractivity contribution in [3.8, 4) is 0 Å². The van der Waals surface area contributed by atoms with Crippen LogP contribution in [0.3, 0.4) is 0 Å². The predicted octanol–water partition coefficient (Wildman–Crippen LogP) is 9.68. The molecule has 0 saturated heterocycles. The summed E-state index contributed by atoms with van der Waals surface area (Å²) in [4.78, 5) is 13.9. The van der Waals surface area contributed by atoms with E-state index in [-0.39, 0.29) is 17.6 Å². The lowest BCUT2D eigenvalue weighted by Gasteiger charge is -2.23. The molecule has 2 aromatic rings. The molecule has 0 aliphatic heterocycles. The van der Waals surface area contributed by atoms with E-state index >= 15 is 0 Å². The van der Waals surface area contributed by atoms with Crippen molar-refractivity contribution in [2.24, 2.45) is 5.73 Å². The molecule has 0 radical (unpaired) electrons. The summed E-state index contributed by atoms with van der Waals surface area (Å²) in [5.41, 5.74) is 18.7. The van der Waals surface area contributed by atoms with Gasteiger partial charge < -0.3 is 11.5 Å². The van der Waals surface area contributed by atoms with Crippen molar-refractivity contribution in [2.45, 2.75) is 107 Å². The first-order chi connectivity index (χ1) is 19.8. The molecule has 0 spiro atoms. The minimum absolute atomic E-state index is 0.0323. The number of aryl methyl sites for hydroxylation is 1. The summed E-state index contributed by atoms with van der Waals surface area (Å²) >= 11 is 0. The standard InChI is InChI=1S/C17H21NO.C13H21FN2.C7H16/c1-7-14(12(5)10(2)3)15-9-16(13(6)19)17(18)8-11(15)4;1-3-8-16(9-11(2)15)10-12-4-6-13(14)7-5-12;1-3-5-7-6-4-2/h7-9H,2,5,18H2,1,3-4,6H3;4-7,11H,3,8-10,15H2,1-2H3;3-7H2,1-2H3/b14-7-;;. The van der Waals surface area contributed by atoms with E-state index in [0.29, 0.717) is 11.3 Å². The lowest BCUT2D eigenvalue weighted by atomic mass is 9.89. The molecule has 1 unspecified atom stereocenters. The molecule has 5 heteroatoms. The Morgan fingerprint density at radius 3 is 1.98 bits per heavy atom. The zero-order valence-electron chi connectivity index (χ0n) is 27.8. The molecular weight excluding hydrogens is 521 g/mol. The Kier molecular flexibility index (Phi) is 20.1. The van der Waals surface area contributed by atoms with E-state index in [1.165, 1.54) is 51.2 Å². The summed E-state index contributed by atoms with van der Waals surface area (Å²) in [6.07, 6.45) is 10.1. The van der Waals surface area contributed by atoms with Crippen LogP contribution in [0.2, 0.25) is 0 Å². The van der Waals surface area contributed by atoms with Crippen LogP contribution in [0, 0.1) is 12.7 Å². The highest BCUT2D eigenvalue weighted by molar-refractivity contribution is 6.01. The minimum atomic E-state index is -0.182. The van der Waals surface area contributed by atoms with Gasteiger partial charge in [0.2, 0.25) is 0 Å². The molecule has 0 fully saturated rings. The number of carbonyl (C=O) groups is 1. The van der Waals surface area contributed by atoms with Crippen molar-refractivity contribution in [1.29, 1.82) is 0 Å². The maximum Gasteiger partial charge on any atom is 0.161 e. The van der Waals surface area contributed by atoms with Gasteiger partial charge in [0.15, 0.2) is 5.78 Å². The molecule has 0 aliphatic rings. The van der Waals surface area contributed by atoms with Gasteiger partial charge in [-0.15, -0.1) is 0 Å². The third kappa shape index (κ3) is 15.3. The van der Waals surface area contributed by atoms with Crippen LogP contribution in [-0.2, 0) is 6.54 Å². The number of rotatable bonds is 14. The number of hydrogen-bond donors (Lipinski definition) is 2. The van der Waals surface area contributed by atoms with Gasteiger partial charge in [0.1, 0.15) is 5.82 Å². The van der Waals surface area contributed by atoms with Gasteiger partial charge in [-0.05, 0) is 99.7 Å². The fraction of sp³-hybridized carbons (Fsp3) is 0.486. The number of halogens is 1. The third-order valence-electron chi connectivity index (χ3n) is 6.81. The van der Waals surface area contributed by atoms with E-state index < -0.39 is 0 Å². The molecule has 2 rings (SSSR count). The van der Waals surface area contributed by atoms with Crippen molar-refractivity contribution in [1.82, 2.24) is 4.90 Å². The van der Waals surface area contributed by atoms with Crippen molar-refractivity contribution in [3.63, 3.8) is 0 Å². The highest BCUT2D eigenvalue weighted by atomic mass is 19.1. The van der Waals surface area contributed by atoms with E-state index in [9.17, 15) is 9.18 Å². The SMILES string of the molecule is C=C(C)C(=C)/C(=C/C)c1cc(C(C)=O)c(N)cc1C.CCCCCCC.CCCN(Cc1ccc(F)cc1)CC(C)N. The van der Waals surface area contributed by atoms with Crippen LogP contribution in [0.1, 0.15) is 114 Å². The van der Waals surface area contributed by atoms with Gasteiger partial charge in [-0.3, -0.25) is 9.69 Å². The second-order valence-electron chi connectivity index (χ2n) is 11.2. The zero-order chi connectivity index (χ0) is 32.2. The van der Waals surface area contributed by atoms with Crippen LogP contribution < -0.4 is 11.5 Å². The first-order valence-corrected chi connectivity index (χ1v) is 15.5. The Hall–Kier alpha value is -3.02. The Morgan fingerprint density at radius 2 is 1.55 bits per heavy atom. The number of Topliss-reactive ketones (excluding diaryl/α,β-unsaturated/α-hetero) is 1. The fourth-order valence-electron chi connectivity index (χ4n) is 4.53. The van der Waals surface area contributed by atoms with Crippen LogP contribution in [0.4, 0.5) is 10.1 Å². The number of carbonyl (C=O) groups excluding carboxylic acids is 1. The molecule has 2 aromatic carbocycles. The number of benzene rings is 2. The van der Waals surface area contributed by atoms with E-state index in [4.69, 9.17) is 11.5 Å². The average molecular weight is 580 g/mol. The normalized spacial score (nSPS) is 11.6. The summed E-state index contributed by atoms with van der Waals surface area (Å²) in [5, 5.41) is 0. The number of nitrogen functional groups attached to an aromatic ring is 1. The van der Waals surface area contributed by atoms with Crippen LogP contribution in [0.25, 0.3) is 5.57 Å². The molecule has 0 aromatic heterocycles. The Labute approximate surface area is 256 Å². The predicted molar refractivity (Wildman–Crippen MR) is 183 cm³/mol. The monoisotopic (exact) mass is 579 g/mol. The molecule has 0 amide bonds. The molecular formula is C37H58FN3O. The molecule has 4 N–H and O–H groups in total. The van der Waals surface area contributed by atoms with Crippen molar-refractivity contribution in [3.05, 3.63) is 94.8 Å². The van der Waals surface area contributed by atoms with Gasteiger partial charge in [0, 0.05) is 30.4 Å². The first kappa shape index (κ1) is 39.0. The number of ketones is 1. The molecule has 0 heterocycles. The summed E-state index contributed by atoms with van der Waals surface area (Å²) in [7, 11) is 0. The lowest BCUT2D eigenvalue weighted by molar-refractivity contribution is 0.101. The molecule has 0 aliphatic carbocycles. The summed E-state index contributed by atoms with van der Waals surface area (Å²) in [6.45, 7) is 26.7. The topological polar surface area (TPSA) is 72.4 Å². The van der Waals surface area contributed by atoms with Crippen LogP contribution >= 0.6 is 0 Å². The number of anilines is 1. The van der Waals surface area contributed by atoms with E-state index in [1.54, 1.807) is 0 Å². The minimum Gasteiger partial charge on any atom is -0.398 e. The molecule has 4 nitrogen and oxygen atoms in total. The Balaban J connectivity index is 0.000000661. The number of nitrogens with zero attached hydrogens (tertiary/aromatic N) is 1. The smallest absolute Gasteiger partial charge is 0.161 e. The highest BCUT2D eigenvalue weighted by Crippen LogP contribution is 2.31. The van der Waals surface area contributed by atoms with Crippen LogP contribution in [-0.4, -0.2) is 29.8 Å². The number of unbranched alkanes of at least 4 members (excludes halogenated alkanes) is 4. The summed E-state index contributed by atoms with van der Waals surface area (Å²) in [6, 6.07) is 10.5. The Bertz CT molecular complexity index is 1130. The maximum absolute atomic E-state index is 12.7. The molecule has 1 atom stereocenters. The van der Waals surface area contributed by atoms with Gasteiger partial charge >= 0.3 is 0 Å². The van der Waals surface area contributed by atoms with E-state index in [0.717, 1.165) is 59.5 Å². The van der Waals surface area contributed by atoms with Gasteiger partial charge in [0.25, 0.3) is 0 Å². The quantitative estimate of drug-likeness (QED) is 0.101. The lowest BCUT2D eigenvalue weighted by Crippen LogP contribution is -2.35.